The maximum absolute atomic E-state index is 13.7. The van der Waals surface area contributed by atoms with Crippen LogP contribution in [0.25, 0.3) is 0 Å². The SMILES string of the molecule is CCCN(CC(=O)Nc1ccc(F)c(F)c1F)Cc1noc(C(C)(C)C)n1. The summed E-state index contributed by atoms with van der Waals surface area (Å²) in [5, 5.41) is 6.18. The van der Waals surface area contributed by atoms with E-state index in [2.05, 4.69) is 15.5 Å². The zero-order valence-corrected chi connectivity index (χ0v) is 15.8. The maximum atomic E-state index is 13.7. The molecule has 1 aromatic carbocycles. The predicted molar refractivity (Wildman–Crippen MR) is 93.5 cm³/mol. The highest BCUT2D eigenvalue weighted by Gasteiger charge is 2.23. The fourth-order valence-electron chi connectivity index (χ4n) is 2.37. The number of nitrogens with zero attached hydrogens (tertiary/aromatic N) is 3. The average molecular weight is 384 g/mol. The Balaban J connectivity index is 2.04. The highest BCUT2D eigenvalue weighted by atomic mass is 19.2. The van der Waals surface area contributed by atoms with Crippen molar-refractivity contribution in [1.82, 2.24) is 15.0 Å². The van der Waals surface area contributed by atoms with Crippen LogP contribution in [0, 0.1) is 17.5 Å². The van der Waals surface area contributed by atoms with Gasteiger partial charge >= 0.3 is 0 Å². The van der Waals surface area contributed by atoms with Crippen molar-refractivity contribution in [1.29, 1.82) is 0 Å². The van der Waals surface area contributed by atoms with Gasteiger partial charge in [-0.3, -0.25) is 9.69 Å². The standard InChI is InChI=1S/C18H23F3N4O2/c1-5-8-25(9-13-23-17(27-24-13)18(2,3)4)10-14(26)22-12-7-6-11(19)15(20)16(12)21/h6-7H,5,8-10H2,1-4H3,(H,22,26). The number of halogens is 3. The quantitative estimate of drug-likeness (QED) is 0.738. The van der Waals surface area contributed by atoms with E-state index in [1.54, 1.807) is 4.90 Å². The summed E-state index contributed by atoms with van der Waals surface area (Å²) in [6, 6.07) is 1.73. The lowest BCUT2D eigenvalue weighted by Crippen LogP contribution is -2.34. The molecule has 0 spiro atoms. The molecule has 2 aromatic rings. The van der Waals surface area contributed by atoms with E-state index >= 15 is 0 Å². The molecule has 0 aliphatic rings. The highest BCUT2D eigenvalue weighted by Crippen LogP contribution is 2.21. The molecule has 27 heavy (non-hydrogen) atoms. The predicted octanol–water partition coefficient (Wildman–Crippen LogP) is 3.64. The summed E-state index contributed by atoms with van der Waals surface area (Å²) in [5.74, 6) is -4.02. The van der Waals surface area contributed by atoms with Crippen molar-refractivity contribution in [3.8, 4) is 0 Å². The Morgan fingerprint density at radius 3 is 2.52 bits per heavy atom. The Morgan fingerprint density at radius 2 is 1.93 bits per heavy atom. The third-order valence-corrected chi connectivity index (χ3v) is 3.69. The second-order valence-corrected chi connectivity index (χ2v) is 7.25. The molecule has 0 saturated carbocycles. The summed E-state index contributed by atoms with van der Waals surface area (Å²) in [6.07, 6.45) is 0.761. The molecule has 1 N–H and O–H groups in total. The lowest BCUT2D eigenvalue weighted by molar-refractivity contribution is -0.117. The lowest BCUT2D eigenvalue weighted by Gasteiger charge is -2.19. The molecule has 0 atom stereocenters. The van der Waals surface area contributed by atoms with E-state index in [1.807, 2.05) is 27.7 Å². The van der Waals surface area contributed by atoms with Crippen molar-refractivity contribution < 1.29 is 22.5 Å². The summed E-state index contributed by atoms with van der Waals surface area (Å²) in [4.78, 5) is 18.3. The van der Waals surface area contributed by atoms with E-state index in [0.717, 1.165) is 18.6 Å². The first-order chi connectivity index (χ1) is 12.6. The van der Waals surface area contributed by atoms with Crippen LogP contribution in [-0.2, 0) is 16.8 Å². The van der Waals surface area contributed by atoms with Gasteiger partial charge in [0, 0.05) is 5.41 Å². The number of aromatic nitrogens is 2. The van der Waals surface area contributed by atoms with Crippen molar-refractivity contribution in [3.63, 3.8) is 0 Å². The molecule has 0 unspecified atom stereocenters. The van der Waals surface area contributed by atoms with Gasteiger partial charge in [0.2, 0.25) is 11.8 Å². The van der Waals surface area contributed by atoms with Gasteiger partial charge in [0.05, 0.1) is 18.8 Å². The fraction of sp³-hybridized carbons (Fsp3) is 0.500. The van der Waals surface area contributed by atoms with Crippen LogP contribution in [0.2, 0.25) is 0 Å². The van der Waals surface area contributed by atoms with Crippen molar-refractivity contribution >= 4 is 11.6 Å². The van der Waals surface area contributed by atoms with Crippen LogP contribution in [0.4, 0.5) is 18.9 Å². The first-order valence-corrected chi connectivity index (χ1v) is 8.60. The van der Waals surface area contributed by atoms with Gasteiger partial charge in [0.15, 0.2) is 23.3 Å². The Labute approximate surface area is 155 Å². The molecule has 9 heteroatoms. The van der Waals surface area contributed by atoms with Crippen LogP contribution in [0.15, 0.2) is 16.7 Å². The van der Waals surface area contributed by atoms with E-state index < -0.39 is 29.0 Å². The second-order valence-electron chi connectivity index (χ2n) is 7.25. The number of anilines is 1. The van der Waals surface area contributed by atoms with E-state index in [1.165, 1.54) is 0 Å². The summed E-state index contributed by atoms with van der Waals surface area (Å²) >= 11 is 0. The minimum Gasteiger partial charge on any atom is -0.339 e. The summed E-state index contributed by atoms with van der Waals surface area (Å²) < 4.78 is 45.2. The van der Waals surface area contributed by atoms with Gasteiger partial charge in [-0.15, -0.1) is 0 Å². The topological polar surface area (TPSA) is 71.3 Å². The Morgan fingerprint density at radius 1 is 1.22 bits per heavy atom. The lowest BCUT2D eigenvalue weighted by atomic mass is 9.97. The van der Waals surface area contributed by atoms with Crippen LogP contribution in [-0.4, -0.2) is 34.0 Å². The number of carbonyl (C=O) groups excluding carboxylic acids is 1. The van der Waals surface area contributed by atoms with Crippen LogP contribution < -0.4 is 5.32 Å². The molecule has 0 saturated heterocycles. The number of nitrogens with one attached hydrogen (secondary N) is 1. The van der Waals surface area contributed by atoms with Gasteiger partial charge in [-0.25, -0.2) is 13.2 Å². The Kier molecular flexibility index (Phi) is 6.59. The molecule has 1 heterocycles. The van der Waals surface area contributed by atoms with Gasteiger partial charge in [-0.2, -0.15) is 4.98 Å². The smallest absolute Gasteiger partial charge is 0.238 e. The number of amides is 1. The Hall–Kier alpha value is -2.42. The second kappa shape index (κ2) is 8.51. The minimum atomic E-state index is -1.63. The highest BCUT2D eigenvalue weighted by molar-refractivity contribution is 5.92. The normalized spacial score (nSPS) is 11.9. The molecule has 0 radical (unpaired) electrons. The van der Waals surface area contributed by atoms with Gasteiger partial charge < -0.3 is 9.84 Å². The van der Waals surface area contributed by atoms with Crippen LogP contribution in [0.5, 0.6) is 0 Å². The van der Waals surface area contributed by atoms with E-state index in [9.17, 15) is 18.0 Å². The van der Waals surface area contributed by atoms with Gasteiger partial charge in [-0.05, 0) is 25.1 Å². The maximum Gasteiger partial charge on any atom is 0.238 e. The molecule has 0 bridgehead atoms. The third kappa shape index (κ3) is 5.53. The van der Waals surface area contributed by atoms with Gasteiger partial charge in [0.25, 0.3) is 0 Å². The number of hydrogen-bond acceptors (Lipinski definition) is 5. The monoisotopic (exact) mass is 384 g/mol. The van der Waals surface area contributed by atoms with Crippen LogP contribution >= 0.6 is 0 Å². The fourth-order valence-corrected chi connectivity index (χ4v) is 2.37. The first-order valence-electron chi connectivity index (χ1n) is 8.60. The molecule has 148 valence electrons. The number of benzene rings is 1. The molecule has 2 rings (SSSR count). The zero-order valence-electron chi connectivity index (χ0n) is 15.8. The largest absolute Gasteiger partial charge is 0.339 e. The molecule has 1 amide bonds. The summed E-state index contributed by atoms with van der Waals surface area (Å²) in [7, 11) is 0. The van der Waals surface area contributed by atoms with E-state index in [-0.39, 0.29) is 18.5 Å². The number of hydrogen-bond donors (Lipinski definition) is 1. The van der Waals surface area contributed by atoms with Crippen molar-refractivity contribution in [2.24, 2.45) is 0 Å². The Bertz CT molecular complexity index is 802. The molecule has 6 nitrogen and oxygen atoms in total. The van der Waals surface area contributed by atoms with Crippen LogP contribution in [0.3, 0.4) is 0 Å². The van der Waals surface area contributed by atoms with E-state index in [4.69, 9.17) is 4.52 Å². The van der Waals surface area contributed by atoms with Crippen molar-refractivity contribution in [2.75, 3.05) is 18.4 Å². The molecule has 0 fully saturated rings. The van der Waals surface area contributed by atoms with Gasteiger partial charge in [-0.1, -0.05) is 32.9 Å². The molecular weight excluding hydrogens is 361 g/mol. The number of carbonyl (C=O) groups is 1. The van der Waals surface area contributed by atoms with Crippen molar-refractivity contribution in [2.45, 2.75) is 46.1 Å². The molecule has 0 aliphatic carbocycles. The summed E-state index contributed by atoms with van der Waals surface area (Å²) in [5.41, 5.74) is -0.701. The third-order valence-electron chi connectivity index (χ3n) is 3.69. The molecule has 1 aromatic heterocycles. The average Bonchev–Trinajstić information content (AvgIpc) is 3.04. The van der Waals surface area contributed by atoms with Gasteiger partial charge in [0.1, 0.15) is 0 Å². The molecule has 0 aliphatic heterocycles. The summed E-state index contributed by atoms with van der Waals surface area (Å²) in [6.45, 7) is 8.50. The van der Waals surface area contributed by atoms with E-state index in [0.29, 0.717) is 18.3 Å². The molecular formula is C18H23F3N4O2. The minimum absolute atomic E-state index is 0.0916. The van der Waals surface area contributed by atoms with Crippen LogP contribution in [0.1, 0.15) is 45.8 Å². The number of rotatable bonds is 7. The van der Waals surface area contributed by atoms with Crippen molar-refractivity contribution in [3.05, 3.63) is 41.3 Å². The zero-order chi connectivity index (χ0) is 20.2. The first kappa shape index (κ1) is 20.9.